The molecule has 0 saturated heterocycles. The lowest BCUT2D eigenvalue weighted by atomic mass is 9.72. The first-order valence-corrected chi connectivity index (χ1v) is 9.22. The van der Waals surface area contributed by atoms with Gasteiger partial charge in [-0.1, -0.05) is 0 Å². The second-order valence-corrected chi connectivity index (χ2v) is 8.22. The van der Waals surface area contributed by atoms with Crippen LogP contribution in [0.2, 0.25) is 0 Å². The summed E-state index contributed by atoms with van der Waals surface area (Å²) in [5.41, 5.74) is 7.50. The monoisotopic (exact) mass is 359 g/mol. The Kier molecular flexibility index (Phi) is 4.88. The van der Waals surface area contributed by atoms with Crippen LogP contribution in [0.5, 0.6) is 5.75 Å². The van der Waals surface area contributed by atoms with Crippen LogP contribution in [0.4, 0.5) is 0 Å². The van der Waals surface area contributed by atoms with Crippen LogP contribution in [0.3, 0.4) is 0 Å². The molecule has 5 heteroatoms. The summed E-state index contributed by atoms with van der Waals surface area (Å²) in [6.07, 6.45) is 5.93. The highest BCUT2D eigenvalue weighted by Crippen LogP contribution is 2.48. The highest BCUT2D eigenvalue weighted by Gasteiger charge is 2.45. The number of fused-ring (bicyclic) bond motifs is 1. The van der Waals surface area contributed by atoms with Gasteiger partial charge in [-0.05, 0) is 87.8 Å². The van der Waals surface area contributed by atoms with Gasteiger partial charge in [-0.25, -0.2) is 0 Å². The number of carboxylic acid groups (broad SMARTS) is 1. The third-order valence-corrected chi connectivity index (χ3v) is 5.92. The molecule has 0 bridgehead atoms. The molecule has 1 aromatic carbocycles. The van der Waals surface area contributed by atoms with E-state index in [1.54, 1.807) is 21.0 Å². The number of carbonyl (C=O) groups is 1. The molecule has 5 nitrogen and oxygen atoms in total. The largest absolute Gasteiger partial charge is 0.482 e. The molecule has 1 aromatic rings. The molecule has 3 rings (SSSR count). The highest BCUT2D eigenvalue weighted by atomic mass is 16.6. The first-order valence-electron chi connectivity index (χ1n) is 9.22. The summed E-state index contributed by atoms with van der Waals surface area (Å²) in [5.74, 6) is 0.136. The smallest absolute Gasteiger partial charge is 0.309 e. The van der Waals surface area contributed by atoms with Gasteiger partial charge in [0, 0.05) is 12.1 Å². The van der Waals surface area contributed by atoms with Gasteiger partial charge in [-0.2, -0.15) is 5.48 Å². The number of hydrogen-bond donors (Lipinski definition) is 2. The standard InChI is InChI=1S/C21H29NO4/c1-13-9-18-16(14(2)17(13)11-20(3,4)19(23)24)10-15(12-22-25-5)21(26-18)7-6-8-21/h9-10,22H,6-8,11-12H2,1-5H3,(H,23,24). The average Bonchev–Trinajstić information content (AvgIpc) is 2.54. The number of nitrogens with one attached hydrogen (secondary N) is 1. The van der Waals surface area contributed by atoms with Crippen molar-refractivity contribution in [2.45, 2.75) is 59.0 Å². The molecule has 1 fully saturated rings. The molecule has 142 valence electrons. The van der Waals surface area contributed by atoms with Crippen molar-refractivity contribution in [2.75, 3.05) is 13.7 Å². The third kappa shape index (κ3) is 3.14. The van der Waals surface area contributed by atoms with E-state index in [0.717, 1.165) is 40.8 Å². The van der Waals surface area contributed by atoms with Gasteiger partial charge in [0.05, 0.1) is 12.5 Å². The van der Waals surface area contributed by atoms with E-state index in [2.05, 4.69) is 24.5 Å². The van der Waals surface area contributed by atoms with Gasteiger partial charge in [-0.15, -0.1) is 0 Å². The molecule has 0 radical (unpaired) electrons. The predicted octanol–water partition coefficient (Wildman–Crippen LogP) is 3.81. The minimum Gasteiger partial charge on any atom is -0.482 e. The van der Waals surface area contributed by atoms with Gasteiger partial charge in [-0.3, -0.25) is 4.79 Å². The van der Waals surface area contributed by atoms with E-state index in [4.69, 9.17) is 9.57 Å². The van der Waals surface area contributed by atoms with Crippen LogP contribution in [0, 0.1) is 19.3 Å². The van der Waals surface area contributed by atoms with Crippen LogP contribution >= 0.6 is 0 Å². The van der Waals surface area contributed by atoms with Gasteiger partial charge >= 0.3 is 5.97 Å². The Morgan fingerprint density at radius 3 is 2.62 bits per heavy atom. The maximum Gasteiger partial charge on any atom is 0.309 e. The lowest BCUT2D eigenvalue weighted by molar-refractivity contribution is -0.146. The second-order valence-electron chi connectivity index (χ2n) is 8.22. The van der Waals surface area contributed by atoms with Gasteiger partial charge in [0.15, 0.2) is 0 Å². The second kappa shape index (κ2) is 6.71. The van der Waals surface area contributed by atoms with E-state index in [1.165, 1.54) is 12.0 Å². The zero-order valence-electron chi connectivity index (χ0n) is 16.4. The van der Waals surface area contributed by atoms with Gasteiger partial charge in [0.25, 0.3) is 0 Å². The lowest BCUT2D eigenvalue weighted by Gasteiger charge is -2.46. The summed E-state index contributed by atoms with van der Waals surface area (Å²) >= 11 is 0. The Morgan fingerprint density at radius 1 is 1.38 bits per heavy atom. The molecular formula is C21H29NO4. The van der Waals surface area contributed by atoms with Crippen LogP contribution < -0.4 is 10.2 Å². The Labute approximate surface area is 155 Å². The number of rotatable bonds is 6. The molecule has 2 N–H and O–H groups in total. The van der Waals surface area contributed by atoms with E-state index in [1.807, 2.05) is 6.92 Å². The predicted molar refractivity (Wildman–Crippen MR) is 101 cm³/mol. The molecule has 1 saturated carbocycles. The van der Waals surface area contributed by atoms with E-state index in [-0.39, 0.29) is 5.60 Å². The number of benzene rings is 1. The summed E-state index contributed by atoms with van der Waals surface area (Å²) < 4.78 is 6.48. The van der Waals surface area contributed by atoms with Crippen LogP contribution in [0.25, 0.3) is 6.08 Å². The average molecular weight is 359 g/mol. The van der Waals surface area contributed by atoms with Crippen molar-refractivity contribution >= 4 is 12.0 Å². The van der Waals surface area contributed by atoms with Crippen molar-refractivity contribution in [3.63, 3.8) is 0 Å². The molecule has 2 aliphatic rings. The fourth-order valence-corrected chi connectivity index (χ4v) is 3.92. The summed E-state index contributed by atoms with van der Waals surface area (Å²) in [6, 6.07) is 2.08. The zero-order chi connectivity index (χ0) is 19.1. The summed E-state index contributed by atoms with van der Waals surface area (Å²) in [7, 11) is 1.62. The number of aryl methyl sites for hydroxylation is 1. The molecule has 1 aliphatic heterocycles. The maximum absolute atomic E-state index is 11.6. The van der Waals surface area contributed by atoms with Crippen LogP contribution in [0.1, 0.15) is 55.4 Å². The van der Waals surface area contributed by atoms with Crippen molar-refractivity contribution in [3.05, 3.63) is 33.9 Å². The molecular weight excluding hydrogens is 330 g/mol. The van der Waals surface area contributed by atoms with Gasteiger partial charge in [0.2, 0.25) is 0 Å². The molecule has 1 spiro atoms. The summed E-state index contributed by atoms with van der Waals surface area (Å²) in [6.45, 7) is 8.29. The van der Waals surface area contributed by atoms with Crippen molar-refractivity contribution in [1.29, 1.82) is 0 Å². The SMILES string of the molecule is CONCC1=Cc2c(cc(C)c(CC(C)(C)C(=O)O)c2C)OC12CCC2. The molecule has 0 aromatic heterocycles. The minimum absolute atomic E-state index is 0.209. The van der Waals surface area contributed by atoms with Crippen molar-refractivity contribution in [1.82, 2.24) is 5.48 Å². The summed E-state index contributed by atoms with van der Waals surface area (Å²) in [4.78, 5) is 16.6. The van der Waals surface area contributed by atoms with Crippen molar-refractivity contribution in [2.24, 2.45) is 5.41 Å². The Morgan fingerprint density at radius 2 is 2.08 bits per heavy atom. The maximum atomic E-state index is 11.6. The van der Waals surface area contributed by atoms with Crippen LogP contribution in [-0.4, -0.2) is 30.3 Å². The number of hydrogen-bond acceptors (Lipinski definition) is 4. The van der Waals surface area contributed by atoms with E-state index in [0.29, 0.717) is 13.0 Å². The number of carboxylic acids is 1. The fraction of sp³-hybridized carbons (Fsp3) is 0.571. The van der Waals surface area contributed by atoms with Gasteiger partial charge in [0.1, 0.15) is 11.4 Å². The molecule has 26 heavy (non-hydrogen) atoms. The lowest BCUT2D eigenvalue weighted by Crippen LogP contribution is -2.49. The van der Waals surface area contributed by atoms with Gasteiger partial charge < -0.3 is 14.7 Å². The molecule has 0 unspecified atom stereocenters. The van der Waals surface area contributed by atoms with Crippen LogP contribution in [0.15, 0.2) is 11.6 Å². The number of aliphatic carboxylic acids is 1. The van der Waals surface area contributed by atoms with Crippen molar-refractivity contribution < 1.29 is 19.5 Å². The van der Waals surface area contributed by atoms with E-state index in [9.17, 15) is 9.90 Å². The molecule has 1 heterocycles. The Balaban J connectivity index is 2.04. The van der Waals surface area contributed by atoms with Crippen molar-refractivity contribution in [3.8, 4) is 5.75 Å². The highest BCUT2D eigenvalue weighted by molar-refractivity contribution is 5.75. The van der Waals surface area contributed by atoms with E-state index >= 15 is 0 Å². The first-order chi connectivity index (χ1) is 12.2. The summed E-state index contributed by atoms with van der Waals surface area (Å²) in [5, 5.41) is 9.51. The Bertz CT molecular complexity index is 760. The molecule has 1 aliphatic carbocycles. The van der Waals surface area contributed by atoms with E-state index < -0.39 is 11.4 Å². The zero-order valence-corrected chi connectivity index (χ0v) is 16.4. The third-order valence-electron chi connectivity index (χ3n) is 5.92. The molecule has 0 amide bonds. The number of ether oxygens (including phenoxy) is 1. The minimum atomic E-state index is -0.807. The quantitative estimate of drug-likeness (QED) is 0.756. The van der Waals surface area contributed by atoms with Crippen LogP contribution in [-0.2, 0) is 16.1 Å². The first kappa shape index (κ1) is 18.9. The Hall–Kier alpha value is -1.85. The number of hydroxylamine groups is 1. The molecule has 0 atom stereocenters. The topological polar surface area (TPSA) is 67.8 Å². The normalized spacial score (nSPS) is 18.0. The fourth-order valence-electron chi connectivity index (χ4n) is 3.92.